The van der Waals surface area contributed by atoms with E-state index in [-0.39, 0.29) is 0 Å². The molecule has 0 bridgehead atoms. The molecule has 1 aliphatic rings. The maximum absolute atomic E-state index is 11.0. The summed E-state index contributed by atoms with van der Waals surface area (Å²) in [5.41, 5.74) is 16.8. The average molecular weight is 302 g/mol. The largest absolute Gasteiger partial charge is 0.477 e. The molecule has 21 heavy (non-hydrogen) atoms. The van der Waals surface area contributed by atoms with Crippen LogP contribution in [-0.2, 0) is 9.53 Å². The zero-order valence-electron chi connectivity index (χ0n) is 10.9. The van der Waals surface area contributed by atoms with Crippen LogP contribution in [0.3, 0.4) is 0 Å². The van der Waals surface area contributed by atoms with Gasteiger partial charge in [-0.25, -0.2) is 4.79 Å². The highest BCUT2D eigenvalue weighted by Crippen LogP contribution is 2.32. The van der Waals surface area contributed by atoms with E-state index in [9.17, 15) is 20.1 Å². The number of azide groups is 2. The summed E-state index contributed by atoms with van der Waals surface area (Å²) in [6.07, 6.45) is -5.47. The van der Waals surface area contributed by atoms with Crippen molar-refractivity contribution < 1.29 is 30.0 Å². The predicted molar refractivity (Wildman–Crippen MR) is 65.6 cm³/mol. The molecule has 0 spiro atoms. The first-order valence-electron chi connectivity index (χ1n) is 5.85. The fraction of sp³-hybridized carbons (Fsp3) is 0.889. The highest BCUT2D eigenvalue weighted by molar-refractivity contribution is 5.75. The number of aliphatic carboxylic acids is 1. The molecule has 1 heterocycles. The number of ether oxygens (including phenoxy) is 1. The molecule has 0 aromatic carbocycles. The Kier molecular flexibility index (Phi) is 5.33. The summed E-state index contributed by atoms with van der Waals surface area (Å²) in [5, 5.41) is 45.0. The van der Waals surface area contributed by atoms with Gasteiger partial charge in [0.25, 0.3) is 5.79 Å². The quantitative estimate of drug-likeness (QED) is 0.303. The van der Waals surface area contributed by atoms with E-state index < -0.39 is 48.6 Å². The third kappa shape index (κ3) is 3.52. The minimum Gasteiger partial charge on any atom is -0.477 e. The molecule has 1 aliphatic heterocycles. The van der Waals surface area contributed by atoms with Crippen molar-refractivity contribution in [3.8, 4) is 0 Å². The fourth-order valence-electron chi connectivity index (χ4n) is 2.00. The van der Waals surface area contributed by atoms with Gasteiger partial charge >= 0.3 is 5.97 Å². The number of aliphatic hydroxyl groups excluding tert-OH is 2. The van der Waals surface area contributed by atoms with Crippen molar-refractivity contribution in [1.29, 1.82) is 0 Å². The SMILES string of the molecule is CC(N=[N+]=[N-])C(O)C1OC(O)(C(=O)O)CC(O)C1N=[N+]=[N-]. The van der Waals surface area contributed by atoms with Gasteiger partial charge in [-0.1, -0.05) is 17.2 Å². The molecule has 6 unspecified atom stereocenters. The van der Waals surface area contributed by atoms with E-state index in [1.807, 2.05) is 0 Å². The zero-order chi connectivity index (χ0) is 16.2. The summed E-state index contributed by atoms with van der Waals surface area (Å²) < 4.78 is 4.90. The summed E-state index contributed by atoms with van der Waals surface area (Å²) in [7, 11) is 0. The molecule has 1 saturated heterocycles. The van der Waals surface area contributed by atoms with E-state index in [1.165, 1.54) is 6.92 Å². The van der Waals surface area contributed by atoms with Crippen LogP contribution in [0, 0.1) is 0 Å². The second kappa shape index (κ2) is 6.59. The van der Waals surface area contributed by atoms with Gasteiger partial charge in [-0.05, 0) is 11.1 Å². The molecule has 1 rings (SSSR count). The molecule has 12 heteroatoms. The van der Waals surface area contributed by atoms with Crippen molar-refractivity contribution in [2.45, 2.75) is 49.5 Å². The fourth-order valence-corrected chi connectivity index (χ4v) is 2.00. The molecule has 0 saturated carbocycles. The van der Waals surface area contributed by atoms with E-state index in [2.05, 4.69) is 20.1 Å². The molecule has 0 aliphatic carbocycles. The van der Waals surface area contributed by atoms with Crippen LogP contribution in [-0.4, -0.2) is 62.6 Å². The topological polar surface area (TPSA) is 205 Å². The number of aliphatic hydroxyl groups is 3. The number of carboxylic acid groups (broad SMARTS) is 1. The second-order valence-corrected chi connectivity index (χ2v) is 4.58. The Balaban J connectivity index is 3.15. The summed E-state index contributed by atoms with van der Waals surface area (Å²) >= 11 is 0. The molecule has 0 radical (unpaired) electrons. The average Bonchev–Trinajstić information content (AvgIpc) is 2.41. The van der Waals surface area contributed by atoms with Gasteiger partial charge in [-0.2, -0.15) is 0 Å². The predicted octanol–water partition coefficient (Wildman–Crippen LogP) is -0.352. The lowest BCUT2D eigenvalue weighted by molar-refractivity contribution is -0.287. The van der Waals surface area contributed by atoms with Crippen LogP contribution in [0.2, 0.25) is 0 Å². The van der Waals surface area contributed by atoms with Crippen molar-refractivity contribution >= 4 is 5.97 Å². The molecule has 4 N–H and O–H groups in total. The van der Waals surface area contributed by atoms with Crippen LogP contribution < -0.4 is 0 Å². The lowest BCUT2D eigenvalue weighted by Gasteiger charge is -2.42. The Bertz CT molecular complexity index is 503. The van der Waals surface area contributed by atoms with Crippen LogP contribution in [0.25, 0.3) is 20.9 Å². The minimum absolute atomic E-state index is 0.745. The molecule has 116 valence electrons. The van der Waals surface area contributed by atoms with Gasteiger partial charge in [0.2, 0.25) is 0 Å². The molecule has 0 aromatic heterocycles. The Morgan fingerprint density at radius 3 is 2.57 bits per heavy atom. The maximum atomic E-state index is 11.0. The Morgan fingerprint density at radius 2 is 2.10 bits per heavy atom. The lowest BCUT2D eigenvalue weighted by atomic mass is 9.89. The Morgan fingerprint density at radius 1 is 1.48 bits per heavy atom. The van der Waals surface area contributed by atoms with E-state index in [1.54, 1.807) is 0 Å². The summed E-state index contributed by atoms with van der Waals surface area (Å²) in [6.45, 7) is 1.31. The van der Waals surface area contributed by atoms with Gasteiger partial charge in [-0.3, -0.25) is 0 Å². The maximum Gasteiger partial charge on any atom is 0.364 e. The van der Waals surface area contributed by atoms with Crippen molar-refractivity contribution in [2.75, 3.05) is 0 Å². The van der Waals surface area contributed by atoms with Crippen LogP contribution in [0.15, 0.2) is 10.2 Å². The van der Waals surface area contributed by atoms with E-state index in [0.29, 0.717) is 0 Å². The third-order valence-corrected chi connectivity index (χ3v) is 3.13. The van der Waals surface area contributed by atoms with Crippen LogP contribution in [0.1, 0.15) is 13.3 Å². The first kappa shape index (κ1) is 17.0. The van der Waals surface area contributed by atoms with Crippen molar-refractivity contribution in [2.24, 2.45) is 10.2 Å². The van der Waals surface area contributed by atoms with Crippen molar-refractivity contribution in [1.82, 2.24) is 0 Å². The van der Waals surface area contributed by atoms with E-state index in [4.69, 9.17) is 20.9 Å². The van der Waals surface area contributed by atoms with Gasteiger partial charge in [0.05, 0.1) is 30.4 Å². The normalized spacial score (nSPS) is 35.0. The van der Waals surface area contributed by atoms with Gasteiger partial charge in [0, 0.05) is 16.2 Å². The summed E-state index contributed by atoms with van der Waals surface area (Å²) in [4.78, 5) is 16.0. The van der Waals surface area contributed by atoms with Crippen molar-refractivity contribution in [3.63, 3.8) is 0 Å². The minimum atomic E-state index is -2.75. The number of nitrogens with zero attached hydrogens (tertiary/aromatic N) is 6. The molecule has 6 atom stereocenters. The van der Waals surface area contributed by atoms with Gasteiger partial charge in [0.1, 0.15) is 0 Å². The Labute approximate surface area is 117 Å². The number of rotatable bonds is 5. The standard InChI is InChI=1S/C9H14N6O6/c1-3(12-14-10)6(17)7-5(13-15-11)4(16)2-9(20,21-7)8(18)19/h3-7,16-17,20H,2H2,1H3,(H,18,19). The van der Waals surface area contributed by atoms with E-state index in [0.717, 1.165) is 0 Å². The van der Waals surface area contributed by atoms with Crippen LogP contribution >= 0.6 is 0 Å². The van der Waals surface area contributed by atoms with Crippen LogP contribution in [0.4, 0.5) is 0 Å². The second-order valence-electron chi connectivity index (χ2n) is 4.58. The number of hydrogen-bond donors (Lipinski definition) is 4. The summed E-state index contributed by atoms with van der Waals surface area (Å²) in [6, 6.07) is -2.42. The Hall–Kier alpha value is -2.07. The monoisotopic (exact) mass is 302 g/mol. The number of carboxylic acids is 1. The molecular formula is C9H14N6O6. The summed E-state index contributed by atoms with van der Waals surface area (Å²) in [5.74, 6) is -4.52. The van der Waals surface area contributed by atoms with E-state index >= 15 is 0 Å². The molecule has 1 fully saturated rings. The molecule has 0 amide bonds. The van der Waals surface area contributed by atoms with Gasteiger partial charge < -0.3 is 25.2 Å². The highest BCUT2D eigenvalue weighted by atomic mass is 16.7. The van der Waals surface area contributed by atoms with Crippen LogP contribution in [0.5, 0.6) is 0 Å². The van der Waals surface area contributed by atoms with Gasteiger partial charge in [0.15, 0.2) is 0 Å². The molecular weight excluding hydrogens is 288 g/mol. The van der Waals surface area contributed by atoms with Gasteiger partial charge in [-0.15, -0.1) is 0 Å². The lowest BCUT2D eigenvalue weighted by Crippen LogP contribution is -2.61. The smallest absolute Gasteiger partial charge is 0.364 e. The first-order chi connectivity index (χ1) is 9.76. The molecule has 12 nitrogen and oxygen atoms in total. The number of hydrogen-bond acceptors (Lipinski definition) is 7. The highest BCUT2D eigenvalue weighted by Gasteiger charge is 2.53. The third-order valence-electron chi connectivity index (χ3n) is 3.13. The van der Waals surface area contributed by atoms with Crippen molar-refractivity contribution in [3.05, 3.63) is 20.9 Å². The zero-order valence-corrected chi connectivity index (χ0v) is 10.9. The number of carbonyl (C=O) groups is 1. The molecule has 0 aromatic rings. The first-order valence-corrected chi connectivity index (χ1v) is 5.85.